The van der Waals surface area contributed by atoms with Gasteiger partial charge in [-0.1, -0.05) is 18.2 Å². The summed E-state index contributed by atoms with van der Waals surface area (Å²) in [6.07, 6.45) is -3.69. The number of rotatable bonds is 4. The van der Waals surface area contributed by atoms with Crippen LogP contribution in [-0.2, 0) is 8.57 Å². The first-order valence-corrected chi connectivity index (χ1v) is 6.83. The van der Waals surface area contributed by atoms with Crippen LogP contribution < -0.4 is 4.74 Å². The van der Waals surface area contributed by atoms with Crippen LogP contribution in [0.1, 0.15) is 0 Å². The number of aliphatic hydroxyl groups excluding tert-OH is 2. The molecule has 0 aliphatic carbocycles. The molecule has 0 saturated carbocycles. The van der Waals surface area contributed by atoms with Gasteiger partial charge >= 0.3 is 0 Å². The molecule has 0 unspecified atom stereocenters. The number of aliphatic hydroxyl groups is 2. The molecule has 2 heterocycles. The van der Waals surface area contributed by atoms with Crippen LogP contribution in [0.3, 0.4) is 0 Å². The van der Waals surface area contributed by atoms with Gasteiger partial charge in [0.05, 0.1) is 22.9 Å². The van der Waals surface area contributed by atoms with Crippen LogP contribution >= 0.6 is 16.3 Å². The number of benzene rings is 1. The van der Waals surface area contributed by atoms with Crippen LogP contribution in [0.15, 0.2) is 30.3 Å². The lowest BCUT2D eigenvalue weighted by Crippen LogP contribution is -2.39. The van der Waals surface area contributed by atoms with Crippen LogP contribution in [0.25, 0.3) is 10.9 Å². The molecular formula is C13H14BrNO5. The Morgan fingerprint density at radius 1 is 1.30 bits per heavy atom. The van der Waals surface area contributed by atoms with E-state index in [1.807, 2.05) is 30.3 Å². The molecule has 0 bridgehead atoms. The average molecular weight is 344 g/mol. The minimum atomic E-state index is -1.28. The van der Waals surface area contributed by atoms with Crippen LogP contribution in [0.4, 0.5) is 0 Å². The number of aromatic amines is 1. The second-order valence-electron chi connectivity index (χ2n) is 4.63. The predicted octanol–water partition coefficient (Wildman–Crippen LogP) is 1.32. The largest absolute Gasteiger partial charge is 0.470 e. The lowest BCUT2D eigenvalue weighted by Gasteiger charge is -2.19. The van der Waals surface area contributed by atoms with Crippen molar-refractivity contribution in [3.8, 4) is 5.88 Å². The molecule has 1 saturated heterocycles. The third-order valence-corrected chi connectivity index (χ3v) is 3.57. The molecule has 1 fully saturated rings. The quantitative estimate of drug-likeness (QED) is 0.779. The Bertz CT molecular complexity index is 556. The molecule has 4 atom stereocenters. The normalized spacial score (nSPS) is 29.9. The third-order valence-electron chi connectivity index (χ3n) is 3.30. The Morgan fingerprint density at radius 2 is 2.10 bits per heavy atom. The molecule has 2 aromatic rings. The summed E-state index contributed by atoms with van der Waals surface area (Å²) in [5.74, 6) is 0.507. The molecular weight excluding hydrogens is 330 g/mol. The molecule has 1 aromatic carbocycles. The molecule has 7 heteroatoms. The fourth-order valence-electron chi connectivity index (χ4n) is 2.32. The maximum Gasteiger partial charge on any atom is 0.192 e. The zero-order chi connectivity index (χ0) is 14.1. The minimum absolute atomic E-state index is 0.152. The van der Waals surface area contributed by atoms with Crippen molar-refractivity contribution in [2.24, 2.45) is 0 Å². The van der Waals surface area contributed by atoms with Crippen LogP contribution in [0.2, 0.25) is 0 Å². The zero-order valence-corrected chi connectivity index (χ0v) is 12.0. The number of halogens is 1. The van der Waals surface area contributed by atoms with E-state index in [9.17, 15) is 10.2 Å². The Hall–Kier alpha value is -1.12. The van der Waals surface area contributed by atoms with Gasteiger partial charge in [0.25, 0.3) is 0 Å². The van der Waals surface area contributed by atoms with Gasteiger partial charge in [-0.25, -0.2) is 0 Å². The molecule has 3 rings (SSSR count). The summed E-state index contributed by atoms with van der Waals surface area (Å²) in [5, 5.41) is 20.5. The van der Waals surface area contributed by atoms with Crippen molar-refractivity contribution in [3.63, 3.8) is 0 Å². The van der Waals surface area contributed by atoms with Gasteiger partial charge in [0.15, 0.2) is 18.3 Å². The second-order valence-corrected chi connectivity index (χ2v) is 5.09. The standard InChI is InChI=1S/C13H14BrNO5/c14-18-6-9-12(11(16)13(17)19-9)20-10-5-7-3-1-2-4-8(7)15-10/h1-5,9,11-13,15-17H,6H2/t9-,11+,12-,13+/m0/s1. The number of ether oxygens (including phenoxy) is 2. The van der Waals surface area contributed by atoms with E-state index in [1.165, 1.54) is 0 Å². The summed E-state index contributed by atoms with van der Waals surface area (Å²) < 4.78 is 15.7. The highest BCUT2D eigenvalue weighted by molar-refractivity contribution is 9.06. The lowest BCUT2D eigenvalue weighted by atomic mass is 10.1. The Balaban J connectivity index is 1.81. The van der Waals surface area contributed by atoms with Gasteiger partial charge in [-0.05, 0) is 6.07 Å². The average Bonchev–Trinajstić information content (AvgIpc) is 2.96. The van der Waals surface area contributed by atoms with Crippen LogP contribution in [-0.4, -0.2) is 46.4 Å². The predicted molar refractivity (Wildman–Crippen MR) is 74.5 cm³/mol. The molecule has 0 amide bonds. The number of hydrogen-bond donors (Lipinski definition) is 3. The van der Waals surface area contributed by atoms with Gasteiger partial charge in [-0.2, -0.15) is 0 Å². The van der Waals surface area contributed by atoms with E-state index in [-0.39, 0.29) is 6.61 Å². The number of fused-ring (bicyclic) bond motifs is 1. The number of H-pyrrole nitrogens is 1. The Kier molecular flexibility index (Phi) is 3.95. The number of hydrogen-bond acceptors (Lipinski definition) is 5. The summed E-state index contributed by atoms with van der Waals surface area (Å²) >= 11 is 2.83. The molecule has 20 heavy (non-hydrogen) atoms. The summed E-state index contributed by atoms with van der Waals surface area (Å²) in [7, 11) is 0. The molecule has 0 spiro atoms. The first-order chi connectivity index (χ1) is 9.69. The van der Waals surface area contributed by atoms with E-state index in [4.69, 9.17) is 13.3 Å². The highest BCUT2D eigenvalue weighted by atomic mass is 79.9. The van der Waals surface area contributed by atoms with Crippen LogP contribution in [0.5, 0.6) is 5.88 Å². The summed E-state index contributed by atoms with van der Waals surface area (Å²) in [6.45, 7) is 0.152. The van der Waals surface area contributed by atoms with E-state index >= 15 is 0 Å². The van der Waals surface area contributed by atoms with Crippen molar-refractivity contribution in [2.75, 3.05) is 6.61 Å². The topological polar surface area (TPSA) is 83.9 Å². The summed E-state index contributed by atoms with van der Waals surface area (Å²) in [5.41, 5.74) is 0.935. The number of aromatic nitrogens is 1. The molecule has 108 valence electrons. The van der Waals surface area contributed by atoms with Gasteiger partial charge < -0.3 is 28.5 Å². The van der Waals surface area contributed by atoms with Gasteiger partial charge in [-0.15, -0.1) is 0 Å². The van der Waals surface area contributed by atoms with E-state index < -0.39 is 24.6 Å². The fraction of sp³-hybridized carbons (Fsp3) is 0.385. The summed E-state index contributed by atoms with van der Waals surface area (Å²) in [4.78, 5) is 3.10. The van der Waals surface area contributed by atoms with E-state index in [0.29, 0.717) is 5.88 Å². The van der Waals surface area contributed by atoms with Crippen molar-refractivity contribution >= 4 is 27.2 Å². The van der Waals surface area contributed by atoms with Crippen molar-refractivity contribution in [1.29, 1.82) is 0 Å². The molecule has 6 nitrogen and oxygen atoms in total. The van der Waals surface area contributed by atoms with Crippen molar-refractivity contribution < 1.29 is 23.5 Å². The molecule has 1 aromatic heterocycles. The number of para-hydroxylation sites is 1. The van der Waals surface area contributed by atoms with E-state index in [1.54, 1.807) is 0 Å². The van der Waals surface area contributed by atoms with Crippen LogP contribution in [0, 0.1) is 0 Å². The van der Waals surface area contributed by atoms with Crippen molar-refractivity contribution in [2.45, 2.75) is 24.6 Å². The molecule has 1 aliphatic heterocycles. The third kappa shape index (κ3) is 2.55. The van der Waals surface area contributed by atoms with Gasteiger partial charge in [-0.3, -0.25) is 0 Å². The van der Waals surface area contributed by atoms with Gasteiger partial charge in [0, 0.05) is 17.0 Å². The van der Waals surface area contributed by atoms with Gasteiger partial charge in [0.2, 0.25) is 0 Å². The molecule has 3 N–H and O–H groups in total. The minimum Gasteiger partial charge on any atom is -0.470 e. The monoisotopic (exact) mass is 343 g/mol. The second kappa shape index (κ2) is 5.71. The molecule has 1 aliphatic rings. The zero-order valence-electron chi connectivity index (χ0n) is 10.4. The fourth-order valence-corrected chi connectivity index (χ4v) is 2.58. The van der Waals surface area contributed by atoms with Crippen molar-refractivity contribution in [3.05, 3.63) is 30.3 Å². The van der Waals surface area contributed by atoms with Crippen molar-refractivity contribution in [1.82, 2.24) is 4.98 Å². The maximum atomic E-state index is 9.91. The SMILES string of the molecule is O[C@@H]1[C@@H](Oc2cc3ccccc3[nH]2)[C@H](COBr)O[C@H]1O. The highest BCUT2D eigenvalue weighted by Gasteiger charge is 2.45. The first kappa shape index (κ1) is 13.8. The van der Waals surface area contributed by atoms with Gasteiger partial charge in [0.1, 0.15) is 12.2 Å². The number of nitrogens with one attached hydrogen (secondary N) is 1. The van der Waals surface area contributed by atoms with E-state index in [0.717, 1.165) is 10.9 Å². The van der Waals surface area contributed by atoms with E-state index in [2.05, 4.69) is 21.2 Å². The highest BCUT2D eigenvalue weighted by Crippen LogP contribution is 2.27. The maximum absolute atomic E-state index is 9.91. The Labute approximate surface area is 123 Å². The summed E-state index contributed by atoms with van der Waals surface area (Å²) in [6, 6.07) is 9.56. The lowest BCUT2D eigenvalue weighted by molar-refractivity contribution is -0.130. The molecule has 0 radical (unpaired) electrons. The first-order valence-electron chi connectivity index (χ1n) is 6.18. The Morgan fingerprint density at radius 3 is 2.85 bits per heavy atom. The smallest absolute Gasteiger partial charge is 0.192 e.